The summed E-state index contributed by atoms with van der Waals surface area (Å²) in [7, 11) is -3.69. The van der Waals surface area contributed by atoms with Gasteiger partial charge in [-0.25, -0.2) is 8.42 Å². The average Bonchev–Trinajstić information content (AvgIpc) is 2.71. The third-order valence-corrected chi connectivity index (χ3v) is 7.65. The van der Waals surface area contributed by atoms with Gasteiger partial charge in [0.05, 0.1) is 14.9 Å². The van der Waals surface area contributed by atoms with Crippen LogP contribution in [0, 0.1) is 0 Å². The first-order valence-electron chi connectivity index (χ1n) is 9.71. The van der Waals surface area contributed by atoms with Crippen molar-refractivity contribution in [2.45, 2.75) is 38.0 Å². The van der Waals surface area contributed by atoms with Gasteiger partial charge in [0, 0.05) is 52.1 Å². The van der Waals surface area contributed by atoms with Gasteiger partial charge in [0.15, 0.2) is 0 Å². The van der Waals surface area contributed by atoms with Crippen LogP contribution < -0.4 is 0 Å². The summed E-state index contributed by atoms with van der Waals surface area (Å²) in [5.74, 6) is 0.00395. The minimum absolute atomic E-state index is 0.0519. The normalized spacial score (nSPS) is 15.4. The predicted molar refractivity (Wildman–Crippen MR) is 114 cm³/mol. The number of hydrogen-bond acceptors (Lipinski definition) is 4. The number of nitrogens with zero attached hydrogens (tertiary/aromatic N) is 3. The van der Waals surface area contributed by atoms with Crippen LogP contribution in [0.25, 0.3) is 0 Å². The van der Waals surface area contributed by atoms with Gasteiger partial charge in [0.25, 0.3) is 0 Å². The van der Waals surface area contributed by atoms with E-state index in [2.05, 4.69) is 0 Å². The fraction of sp³-hybridized carbons (Fsp3) is 0.579. The molecular formula is C19H27Cl2N3O4S. The highest BCUT2D eigenvalue weighted by atomic mass is 35.5. The van der Waals surface area contributed by atoms with Crippen LogP contribution in [0.15, 0.2) is 23.1 Å². The van der Waals surface area contributed by atoms with Crippen molar-refractivity contribution in [3.63, 3.8) is 0 Å². The van der Waals surface area contributed by atoms with Gasteiger partial charge in [0.2, 0.25) is 21.8 Å². The number of rotatable bonds is 8. The van der Waals surface area contributed by atoms with Crippen molar-refractivity contribution in [3.8, 4) is 0 Å². The molecule has 0 atom stereocenters. The molecule has 0 radical (unpaired) electrons. The monoisotopic (exact) mass is 463 g/mol. The number of hydrogen-bond donors (Lipinski definition) is 0. The number of halogens is 2. The first-order chi connectivity index (χ1) is 13.7. The molecule has 7 nitrogen and oxygen atoms in total. The van der Waals surface area contributed by atoms with E-state index in [1.807, 2.05) is 13.8 Å². The second kappa shape index (κ2) is 10.6. The molecule has 0 aromatic heterocycles. The minimum atomic E-state index is -3.69. The van der Waals surface area contributed by atoms with E-state index < -0.39 is 10.0 Å². The third kappa shape index (κ3) is 6.07. The smallest absolute Gasteiger partial charge is 0.243 e. The summed E-state index contributed by atoms with van der Waals surface area (Å²) in [5.41, 5.74) is 0. The first-order valence-corrected chi connectivity index (χ1v) is 11.9. The van der Waals surface area contributed by atoms with Crippen LogP contribution in [0.3, 0.4) is 0 Å². The molecule has 1 aromatic rings. The van der Waals surface area contributed by atoms with E-state index in [4.69, 9.17) is 23.2 Å². The van der Waals surface area contributed by atoms with Crippen LogP contribution in [0.1, 0.15) is 33.1 Å². The molecule has 0 aliphatic carbocycles. The fourth-order valence-corrected chi connectivity index (χ4v) is 5.06. The maximum absolute atomic E-state index is 12.8. The first kappa shape index (κ1) is 23.9. The maximum atomic E-state index is 12.8. The van der Waals surface area contributed by atoms with Crippen molar-refractivity contribution < 1.29 is 18.0 Å². The number of piperazine rings is 1. The second-order valence-electron chi connectivity index (χ2n) is 6.78. The van der Waals surface area contributed by atoms with Gasteiger partial charge in [-0.1, -0.05) is 23.2 Å². The number of benzene rings is 1. The lowest BCUT2D eigenvalue weighted by molar-refractivity contribution is -0.133. The lowest BCUT2D eigenvalue weighted by Gasteiger charge is -2.34. The van der Waals surface area contributed by atoms with Crippen LogP contribution in [0.2, 0.25) is 10.0 Å². The van der Waals surface area contributed by atoms with Crippen molar-refractivity contribution in [2.75, 3.05) is 39.3 Å². The highest BCUT2D eigenvalue weighted by molar-refractivity contribution is 7.89. The molecule has 1 heterocycles. The predicted octanol–water partition coefficient (Wildman–Crippen LogP) is 2.87. The highest BCUT2D eigenvalue weighted by Crippen LogP contribution is 2.27. The molecule has 0 unspecified atom stereocenters. The zero-order valence-corrected chi connectivity index (χ0v) is 19.1. The third-order valence-electron chi connectivity index (χ3n) is 5.02. The number of carbonyl (C=O) groups excluding carboxylic acids is 2. The Kier molecular flexibility index (Phi) is 8.75. The van der Waals surface area contributed by atoms with Gasteiger partial charge in [-0.2, -0.15) is 4.31 Å². The van der Waals surface area contributed by atoms with E-state index in [-0.39, 0.29) is 41.2 Å². The Bertz CT molecular complexity index is 836. The summed E-state index contributed by atoms with van der Waals surface area (Å²) >= 11 is 11.8. The number of amides is 2. The maximum Gasteiger partial charge on any atom is 0.243 e. The number of sulfonamides is 1. The topological polar surface area (TPSA) is 78.0 Å². The average molecular weight is 464 g/mol. The van der Waals surface area contributed by atoms with E-state index in [1.54, 1.807) is 9.80 Å². The molecule has 1 aliphatic rings. The molecule has 0 saturated carbocycles. The van der Waals surface area contributed by atoms with Gasteiger partial charge < -0.3 is 9.80 Å². The van der Waals surface area contributed by atoms with Gasteiger partial charge >= 0.3 is 0 Å². The molecule has 2 rings (SSSR count). The van der Waals surface area contributed by atoms with Gasteiger partial charge in [-0.05, 0) is 38.5 Å². The fourth-order valence-electron chi connectivity index (χ4n) is 3.25. The van der Waals surface area contributed by atoms with Gasteiger partial charge in [-0.3, -0.25) is 9.59 Å². The summed E-state index contributed by atoms with van der Waals surface area (Å²) in [6.07, 6.45) is 1.13. The summed E-state index contributed by atoms with van der Waals surface area (Å²) in [5, 5.41) is 0.473. The van der Waals surface area contributed by atoms with E-state index in [1.165, 1.54) is 22.5 Å². The largest absolute Gasteiger partial charge is 0.343 e. The molecule has 0 spiro atoms. The Balaban J connectivity index is 1.85. The summed E-state index contributed by atoms with van der Waals surface area (Å²) in [6.45, 7) is 6.26. The number of carbonyl (C=O) groups is 2. The van der Waals surface area contributed by atoms with Gasteiger partial charge in [-0.15, -0.1) is 0 Å². The minimum Gasteiger partial charge on any atom is -0.343 e. The van der Waals surface area contributed by atoms with Crippen LogP contribution in [-0.4, -0.2) is 73.6 Å². The SMILES string of the molecule is CCN(CC)C(=O)CCCC(=O)N1CCN(S(=O)(=O)c2ccc(Cl)c(Cl)c2)CC1. The Labute approximate surface area is 182 Å². The van der Waals surface area contributed by atoms with E-state index in [0.29, 0.717) is 44.0 Å². The molecule has 162 valence electrons. The quantitative estimate of drug-likeness (QED) is 0.593. The van der Waals surface area contributed by atoms with Crippen LogP contribution in [-0.2, 0) is 19.6 Å². The van der Waals surface area contributed by atoms with Crippen molar-refractivity contribution >= 4 is 45.0 Å². The zero-order chi connectivity index (χ0) is 21.6. The van der Waals surface area contributed by atoms with Crippen LogP contribution in [0.4, 0.5) is 0 Å². The van der Waals surface area contributed by atoms with Crippen molar-refractivity contribution in [1.82, 2.24) is 14.1 Å². The Morgan fingerprint density at radius 1 is 1.00 bits per heavy atom. The molecule has 1 fully saturated rings. The Hall–Kier alpha value is -1.35. The lowest BCUT2D eigenvalue weighted by Crippen LogP contribution is -2.50. The molecular weight excluding hydrogens is 437 g/mol. The molecule has 1 saturated heterocycles. The molecule has 1 aromatic carbocycles. The van der Waals surface area contributed by atoms with E-state index in [0.717, 1.165) is 0 Å². The second-order valence-corrected chi connectivity index (χ2v) is 9.53. The molecule has 10 heteroatoms. The summed E-state index contributed by atoms with van der Waals surface area (Å²) in [6, 6.07) is 4.22. The molecule has 29 heavy (non-hydrogen) atoms. The molecule has 2 amide bonds. The highest BCUT2D eigenvalue weighted by Gasteiger charge is 2.30. The van der Waals surface area contributed by atoms with Crippen molar-refractivity contribution in [2.24, 2.45) is 0 Å². The zero-order valence-electron chi connectivity index (χ0n) is 16.7. The van der Waals surface area contributed by atoms with Crippen LogP contribution >= 0.6 is 23.2 Å². The van der Waals surface area contributed by atoms with Crippen molar-refractivity contribution in [1.29, 1.82) is 0 Å². The van der Waals surface area contributed by atoms with E-state index >= 15 is 0 Å². The summed E-state index contributed by atoms with van der Waals surface area (Å²) in [4.78, 5) is 27.9. The van der Waals surface area contributed by atoms with Crippen LogP contribution in [0.5, 0.6) is 0 Å². The Morgan fingerprint density at radius 3 is 2.17 bits per heavy atom. The lowest BCUT2D eigenvalue weighted by atomic mass is 10.2. The standard InChI is InChI=1S/C19H27Cl2N3O4S/c1-3-22(4-2)18(25)6-5-7-19(26)23-10-12-24(13-11-23)29(27,28)15-8-9-16(20)17(21)14-15/h8-9,14H,3-7,10-13H2,1-2H3. The van der Waals surface area contributed by atoms with Crippen molar-refractivity contribution in [3.05, 3.63) is 28.2 Å². The Morgan fingerprint density at radius 2 is 1.62 bits per heavy atom. The summed E-state index contributed by atoms with van der Waals surface area (Å²) < 4.78 is 26.9. The van der Waals surface area contributed by atoms with Gasteiger partial charge in [0.1, 0.15) is 0 Å². The molecule has 0 bridgehead atoms. The molecule has 1 aliphatic heterocycles. The van der Waals surface area contributed by atoms with E-state index in [9.17, 15) is 18.0 Å². The molecule has 0 N–H and O–H groups in total.